The molecular weight excluding hydrogens is 272 g/mol. The number of nitrogens with zero attached hydrogens (tertiary/aromatic N) is 2. The quantitative estimate of drug-likeness (QED) is 0.374. The lowest BCUT2D eigenvalue weighted by Crippen LogP contribution is -2.01. The van der Waals surface area contributed by atoms with Gasteiger partial charge in [-0.3, -0.25) is 15.1 Å². The molecule has 0 radical (unpaired) electrons. The summed E-state index contributed by atoms with van der Waals surface area (Å²) in [5.41, 5.74) is 1.54. The molecule has 2 aromatic rings. The van der Waals surface area contributed by atoms with Gasteiger partial charge in [0.2, 0.25) is 0 Å². The van der Waals surface area contributed by atoms with Crippen LogP contribution >= 0.6 is 0 Å². The molecule has 0 fully saturated rings. The maximum absolute atomic E-state index is 11.6. The van der Waals surface area contributed by atoms with Crippen molar-refractivity contribution in [3.05, 3.63) is 69.8 Å². The minimum absolute atomic E-state index is 0.0158. The molecule has 0 spiro atoms. The third-order valence-corrected chi connectivity index (χ3v) is 2.77. The average molecular weight is 284 g/mol. The van der Waals surface area contributed by atoms with Crippen molar-refractivity contribution in [1.82, 2.24) is 0 Å². The van der Waals surface area contributed by atoms with Crippen LogP contribution in [0.1, 0.15) is 15.9 Å². The van der Waals surface area contributed by atoms with Crippen LogP contribution in [0.3, 0.4) is 0 Å². The van der Waals surface area contributed by atoms with Crippen molar-refractivity contribution < 1.29 is 14.5 Å². The summed E-state index contributed by atoms with van der Waals surface area (Å²) in [7, 11) is 1.30. The third-order valence-electron chi connectivity index (χ3n) is 2.77. The van der Waals surface area contributed by atoms with Crippen LogP contribution in [0, 0.1) is 10.1 Å². The maximum Gasteiger partial charge on any atom is 0.340 e. The Morgan fingerprint density at radius 1 is 1.19 bits per heavy atom. The van der Waals surface area contributed by atoms with Crippen LogP contribution in [0.5, 0.6) is 0 Å². The molecule has 0 atom stereocenters. The van der Waals surface area contributed by atoms with Crippen LogP contribution in [-0.4, -0.2) is 24.2 Å². The number of nitro groups is 1. The summed E-state index contributed by atoms with van der Waals surface area (Å²) >= 11 is 0. The fourth-order valence-electron chi connectivity index (χ4n) is 1.69. The Morgan fingerprint density at radius 3 is 2.48 bits per heavy atom. The van der Waals surface area contributed by atoms with Gasteiger partial charge >= 0.3 is 5.97 Å². The highest BCUT2D eigenvalue weighted by molar-refractivity contribution is 5.96. The van der Waals surface area contributed by atoms with Crippen molar-refractivity contribution in [1.29, 1.82) is 0 Å². The van der Waals surface area contributed by atoms with E-state index in [1.165, 1.54) is 25.5 Å². The van der Waals surface area contributed by atoms with E-state index in [1.807, 2.05) is 0 Å². The minimum atomic E-state index is -0.466. The standard InChI is InChI=1S/C15H12N2O4/c1-21-15(18)13-4-2-3-5-14(13)16-10-11-6-8-12(9-7-11)17(19)20/h2-10H,1H3. The molecule has 0 aliphatic heterocycles. The number of methoxy groups -OCH3 is 1. The fourth-order valence-corrected chi connectivity index (χ4v) is 1.69. The third kappa shape index (κ3) is 3.50. The lowest BCUT2D eigenvalue weighted by molar-refractivity contribution is -0.384. The van der Waals surface area contributed by atoms with Crippen LogP contribution in [-0.2, 0) is 4.74 Å². The molecule has 0 N–H and O–H groups in total. The van der Waals surface area contributed by atoms with Gasteiger partial charge in [0, 0.05) is 18.3 Å². The number of esters is 1. The van der Waals surface area contributed by atoms with Gasteiger partial charge in [-0.2, -0.15) is 0 Å². The van der Waals surface area contributed by atoms with Crippen molar-refractivity contribution in [3.63, 3.8) is 0 Å². The Morgan fingerprint density at radius 2 is 1.86 bits per heavy atom. The Balaban J connectivity index is 2.25. The van der Waals surface area contributed by atoms with Gasteiger partial charge in [0.15, 0.2) is 0 Å². The average Bonchev–Trinajstić information content (AvgIpc) is 2.52. The second-order valence-electron chi connectivity index (χ2n) is 4.12. The first kappa shape index (κ1) is 14.4. The van der Waals surface area contributed by atoms with Gasteiger partial charge in [-0.1, -0.05) is 12.1 Å². The number of hydrogen-bond acceptors (Lipinski definition) is 5. The normalized spacial score (nSPS) is 10.5. The van der Waals surface area contributed by atoms with E-state index in [1.54, 1.807) is 36.4 Å². The molecule has 0 aliphatic rings. The van der Waals surface area contributed by atoms with Gasteiger partial charge in [-0.15, -0.1) is 0 Å². The zero-order valence-corrected chi connectivity index (χ0v) is 11.2. The minimum Gasteiger partial charge on any atom is -0.465 e. The molecule has 0 aliphatic carbocycles. The molecule has 0 amide bonds. The van der Waals surface area contributed by atoms with E-state index in [0.29, 0.717) is 16.8 Å². The first-order valence-corrected chi connectivity index (χ1v) is 6.07. The zero-order chi connectivity index (χ0) is 15.2. The predicted molar refractivity (Wildman–Crippen MR) is 78.1 cm³/mol. The summed E-state index contributed by atoms with van der Waals surface area (Å²) in [6, 6.07) is 12.8. The molecular formula is C15H12N2O4. The highest BCUT2D eigenvalue weighted by atomic mass is 16.6. The molecule has 0 unspecified atom stereocenters. The Bertz CT molecular complexity index is 693. The SMILES string of the molecule is COC(=O)c1ccccc1N=Cc1ccc([N+](=O)[O-])cc1. The monoisotopic (exact) mass is 284 g/mol. The molecule has 0 saturated heterocycles. The molecule has 2 aromatic carbocycles. The van der Waals surface area contributed by atoms with Gasteiger partial charge in [-0.25, -0.2) is 4.79 Å². The Labute approximate surface area is 120 Å². The summed E-state index contributed by atoms with van der Waals surface area (Å²) in [5, 5.41) is 10.6. The second-order valence-corrected chi connectivity index (χ2v) is 4.12. The number of carbonyl (C=O) groups is 1. The number of non-ortho nitro benzene ring substituents is 1. The molecule has 0 aromatic heterocycles. The van der Waals surface area contributed by atoms with Crippen LogP contribution in [0.2, 0.25) is 0 Å². The summed E-state index contributed by atoms with van der Waals surface area (Å²) in [4.78, 5) is 25.9. The summed E-state index contributed by atoms with van der Waals surface area (Å²) < 4.78 is 4.68. The molecule has 6 nitrogen and oxygen atoms in total. The van der Waals surface area contributed by atoms with Crippen molar-refractivity contribution >= 4 is 23.6 Å². The van der Waals surface area contributed by atoms with Gasteiger partial charge in [0.1, 0.15) is 0 Å². The number of benzene rings is 2. The number of aliphatic imine (C=N–C) groups is 1. The smallest absolute Gasteiger partial charge is 0.340 e. The molecule has 2 rings (SSSR count). The van der Waals surface area contributed by atoms with Gasteiger partial charge in [0.25, 0.3) is 5.69 Å². The maximum atomic E-state index is 11.6. The lowest BCUT2D eigenvalue weighted by atomic mass is 10.2. The van der Waals surface area contributed by atoms with Gasteiger partial charge < -0.3 is 4.74 Å². The van der Waals surface area contributed by atoms with E-state index < -0.39 is 10.9 Å². The van der Waals surface area contributed by atoms with Crippen molar-refractivity contribution in [2.75, 3.05) is 7.11 Å². The number of hydrogen-bond donors (Lipinski definition) is 0. The van der Waals surface area contributed by atoms with E-state index in [4.69, 9.17) is 0 Å². The van der Waals surface area contributed by atoms with E-state index in [9.17, 15) is 14.9 Å². The largest absolute Gasteiger partial charge is 0.465 e. The highest BCUT2D eigenvalue weighted by Gasteiger charge is 2.09. The van der Waals surface area contributed by atoms with Gasteiger partial charge in [0.05, 0.1) is 23.3 Å². The lowest BCUT2D eigenvalue weighted by Gasteiger charge is -2.02. The molecule has 0 saturated carbocycles. The topological polar surface area (TPSA) is 81.8 Å². The van der Waals surface area contributed by atoms with Gasteiger partial charge in [-0.05, 0) is 29.8 Å². The molecule has 6 heteroatoms. The number of para-hydroxylation sites is 1. The van der Waals surface area contributed by atoms with E-state index >= 15 is 0 Å². The van der Waals surface area contributed by atoms with Crippen LogP contribution < -0.4 is 0 Å². The van der Waals surface area contributed by atoms with Crippen molar-refractivity contribution in [2.45, 2.75) is 0 Å². The van der Waals surface area contributed by atoms with Crippen molar-refractivity contribution in [2.24, 2.45) is 4.99 Å². The number of rotatable bonds is 4. The van der Waals surface area contributed by atoms with Crippen LogP contribution in [0.25, 0.3) is 0 Å². The zero-order valence-electron chi connectivity index (χ0n) is 11.2. The highest BCUT2D eigenvalue weighted by Crippen LogP contribution is 2.19. The summed E-state index contributed by atoms with van der Waals surface area (Å²) in [5.74, 6) is -0.466. The number of nitro benzene ring substituents is 1. The molecule has 106 valence electrons. The van der Waals surface area contributed by atoms with E-state index in [2.05, 4.69) is 9.73 Å². The second kappa shape index (κ2) is 6.42. The molecule has 0 bridgehead atoms. The summed E-state index contributed by atoms with van der Waals surface area (Å²) in [6.45, 7) is 0. The Kier molecular flexibility index (Phi) is 4.40. The Hall–Kier alpha value is -3.02. The first-order valence-electron chi connectivity index (χ1n) is 6.07. The van der Waals surface area contributed by atoms with E-state index in [-0.39, 0.29) is 5.69 Å². The van der Waals surface area contributed by atoms with Crippen LogP contribution in [0.4, 0.5) is 11.4 Å². The number of ether oxygens (including phenoxy) is 1. The van der Waals surface area contributed by atoms with Crippen molar-refractivity contribution in [3.8, 4) is 0 Å². The molecule has 21 heavy (non-hydrogen) atoms. The number of carbonyl (C=O) groups excluding carboxylic acids is 1. The van der Waals surface area contributed by atoms with E-state index in [0.717, 1.165) is 0 Å². The van der Waals surface area contributed by atoms with Crippen LogP contribution in [0.15, 0.2) is 53.5 Å². The fraction of sp³-hybridized carbons (Fsp3) is 0.0667. The first-order chi connectivity index (χ1) is 10.1. The summed E-state index contributed by atoms with van der Waals surface area (Å²) in [6.07, 6.45) is 1.53. The molecule has 0 heterocycles. The predicted octanol–water partition coefficient (Wildman–Crippen LogP) is 3.13.